The molecule has 190 valence electrons. The van der Waals surface area contributed by atoms with Gasteiger partial charge < -0.3 is 9.47 Å². The van der Waals surface area contributed by atoms with Gasteiger partial charge in [-0.1, -0.05) is 30.3 Å². The smallest absolute Gasteiger partial charge is 0.417 e. The van der Waals surface area contributed by atoms with Gasteiger partial charge in [-0.15, -0.1) is 11.3 Å². The molecule has 1 aliphatic heterocycles. The lowest BCUT2D eigenvalue weighted by atomic mass is 9.95. The van der Waals surface area contributed by atoms with Crippen LogP contribution in [0.1, 0.15) is 67.0 Å². The van der Waals surface area contributed by atoms with E-state index >= 15 is 0 Å². The first-order valence-corrected chi connectivity index (χ1v) is 14.4. The maximum atomic E-state index is 14.2. The molecule has 1 aromatic carbocycles. The maximum absolute atomic E-state index is 14.2. The fraction of sp³-hybridized carbons (Fsp3) is 0.464. The number of aromatic nitrogens is 1. The van der Waals surface area contributed by atoms with E-state index in [0.29, 0.717) is 6.42 Å². The highest BCUT2D eigenvalue weighted by molar-refractivity contribution is 14.1. The van der Waals surface area contributed by atoms with Crippen molar-refractivity contribution in [1.82, 2.24) is 9.88 Å². The quantitative estimate of drug-likeness (QED) is 0.304. The minimum atomic E-state index is -0.961. The normalized spacial score (nSPS) is 18.9. The Balaban J connectivity index is 1.58. The predicted molar refractivity (Wildman–Crippen MR) is 149 cm³/mol. The van der Waals surface area contributed by atoms with Crippen molar-refractivity contribution in [2.45, 2.75) is 77.5 Å². The summed E-state index contributed by atoms with van der Waals surface area (Å²) in [6.45, 7) is 7.89. The molecule has 3 aromatic rings. The van der Waals surface area contributed by atoms with Crippen LogP contribution in [0.25, 0.3) is 10.2 Å². The number of halogens is 1. The number of fused-ring (bicyclic) bond motifs is 3. The van der Waals surface area contributed by atoms with Crippen LogP contribution < -0.4 is 0 Å². The molecule has 8 heteroatoms. The summed E-state index contributed by atoms with van der Waals surface area (Å²) in [4.78, 5) is 35.7. The third kappa shape index (κ3) is 4.91. The second-order valence-electron chi connectivity index (χ2n) is 10.6. The Labute approximate surface area is 229 Å². The minimum Gasteiger partial charge on any atom is -0.447 e. The van der Waals surface area contributed by atoms with E-state index in [2.05, 4.69) is 22.6 Å². The average molecular weight is 619 g/mol. The molecule has 0 radical (unpaired) electrons. The number of thiophene rings is 1. The molecule has 3 heterocycles. The van der Waals surface area contributed by atoms with Crippen LogP contribution in [0, 0.1) is 10.5 Å². The number of carbonyl (C=O) groups excluding carboxylic acids is 2. The average Bonchev–Trinajstić information content (AvgIpc) is 3.37. The summed E-state index contributed by atoms with van der Waals surface area (Å²) in [5, 5.41) is 1.15. The zero-order chi connectivity index (χ0) is 25.6. The van der Waals surface area contributed by atoms with E-state index in [0.717, 1.165) is 43.4 Å². The third-order valence-corrected chi connectivity index (χ3v) is 9.04. The van der Waals surface area contributed by atoms with Crippen molar-refractivity contribution in [2.75, 3.05) is 6.61 Å². The molecule has 2 aromatic heterocycles. The Morgan fingerprint density at radius 3 is 2.69 bits per heavy atom. The molecule has 2 aliphatic rings. The number of carbonyl (C=O) groups is 2. The number of pyridine rings is 1. The van der Waals surface area contributed by atoms with Gasteiger partial charge in [-0.2, -0.15) is 0 Å². The summed E-state index contributed by atoms with van der Waals surface area (Å²) in [6, 6.07) is 9.48. The first kappa shape index (κ1) is 25.6. The highest BCUT2D eigenvalue weighted by atomic mass is 127. The number of hydrogen-bond donors (Lipinski definition) is 0. The summed E-state index contributed by atoms with van der Waals surface area (Å²) in [7, 11) is 0. The second-order valence-corrected chi connectivity index (χ2v) is 12.7. The van der Waals surface area contributed by atoms with Gasteiger partial charge in [0.05, 0.1) is 11.6 Å². The van der Waals surface area contributed by atoms with Gasteiger partial charge in [0.25, 0.3) is 5.91 Å². The largest absolute Gasteiger partial charge is 0.447 e. The van der Waals surface area contributed by atoms with E-state index in [4.69, 9.17) is 14.5 Å². The van der Waals surface area contributed by atoms with Gasteiger partial charge in [0.1, 0.15) is 11.4 Å². The van der Waals surface area contributed by atoms with E-state index in [1.54, 1.807) is 11.3 Å². The number of aryl methyl sites for hydroxylation is 3. The van der Waals surface area contributed by atoms with Gasteiger partial charge in [0, 0.05) is 25.1 Å². The fourth-order valence-corrected chi connectivity index (χ4v) is 7.90. The summed E-state index contributed by atoms with van der Waals surface area (Å²) in [5.74, 6) is -0.389. The zero-order valence-corrected chi connectivity index (χ0v) is 24.1. The summed E-state index contributed by atoms with van der Waals surface area (Å²) in [6.07, 6.45) is 3.45. The summed E-state index contributed by atoms with van der Waals surface area (Å²) >= 11 is 4.13. The molecular weight excluding hydrogens is 587 g/mol. The van der Waals surface area contributed by atoms with E-state index in [1.165, 1.54) is 28.2 Å². The van der Waals surface area contributed by atoms with Gasteiger partial charge in [-0.25, -0.2) is 14.7 Å². The van der Waals surface area contributed by atoms with Crippen LogP contribution in [0.15, 0.2) is 30.3 Å². The predicted octanol–water partition coefficient (Wildman–Crippen LogP) is 6.53. The van der Waals surface area contributed by atoms with Crippen molar-refractivity contribution in [3.8, 4) is 0 Å². The lowest BCUT2D eigenvalue weighted by molar-refractivity contribution is -0.152. The Bertz CT molecular complexity index is 1310. The highest BCUT2D eigenvalue weighted by Crippen LogP contribution is 2.42. The first-order valence-electron chi connectivity index (χ1n) is 12.5. The van der Waals surface area contributed by atoms with Crippen molar-refractivity contribution in [3.63, 3.8) is 0 Å². The Morgan fingerprint density at radius 1 is 1.25 bits per heavy atom. The summed E-state index contributed by atoms with van der Waals surface area (Å²) in [5.41, 5.74) is 3.32. The SMILES string of the molecule is Cc1nc2sc3c(c2c(I)c1[C@@H](OC(C)(C)C)C(=O)N1C(=O)OC[C@H]1Cc1ccccc1)CCCC3. The first-order chi connectivity index (χ1) is 17.1. The number of benzene rings is 1. The van der Waals surface area contributed by atoms with Crippen LogP contribution >= 0.6 is 33.9 Å². The molecule has 0 unspecified atom stereocenters. The third-order valence-electron chi connectivity index (χ3n) is 6.74. The van der Waals surface area contributed by atoms with Crippen LogP contribution in [0.5, 0.6) is 0 Å². The number of cyclic esters (lactones) is 1. The van der Waals surface area contributed by atoms with E-state index < -0.39 is 17.8 Å². The topological polar surface area (TPSA) is 68.7 Å². The number of ether oxygens (including phenoxy) is 2. The number of rotatable bonds is 5. The van der Waals surface area contributed by atoms with Gasteiger partial charge in [-0.05, 0) is 93.5 Å². The molecule has 6 nitrogen and oxygen atoms in total. The van der Waals surface area contributed by atoms with Crippen molar-refractivity contribution >= 4 is 56.1 Å². The Kier molecular flexibility index (Phi) is 7.13. The van der Waals surface area contributed by atoms with Crippen molar-refractivity contribution in [2.24, 2.45) is 0 Å². The number of imide groups is 1. The van der Waals surface area contributed by atoms with Crippen LogP contribution in [-0.2, 0) is 33.5 Å². The molecule has 0 N–H and O–H groups in total. The monoisotopic (exact) mass is 618 g/mol. The fourth-order valence-electron chi connectivity index (χ4n) is 5.15. The van der Waals surface area contributed by atoms with Gasteiger partial charge in [-0.3, -0.25) is 4.79 Å². The molecule has 2 amide bonds. The number of nitrogens with zero attached hydrogens (tertiary/aromatic N) is 2. The molecule has 0 saturated carbocycles. The minimum absolute atomic E-state index is 0.174. The van der Waals surface area contributed by atoms with Crippen molar-refractivity contribution in [1.29, 1.82) is 0 Å². The lowest BCUT2D eigenvalue weighted by Crippen LogP contribution is -2.45. The van der Waals surface area contributed by atoms with Crippen molar-refractivity contribution < 1.29 is 19.1 Å². The second kappa shape index (κ2) is 10.0. The molecule has 5 rings (SSSR count). The molecule has 1 aliphatic carbocycles. The van der Waals surface area contributed by atoms with Gasteiger partial charge in [0.15, 0.2) is 6.10 Å². The Morgan fingerprint density at radius 2 is 1.97 bits per heavy atom. The van der Waals surface area contributed by atoms with Crippen LogP contribution in [0.2, 0.25) is 0 Å². The number of hydrogen-bond acceptors (Lipinski definition) is 6. The standard InChI is InChI=1S/C28H31IN2O4S/c1-16-21(23(29)22-19-12-8-9-13-20(19)36-25(22)30-16)24(35-28(2,3)4)26(32)31-18(15-34-27(31)33)14-17-10-6-5-7-11-17/h5-7,10-11,18,24H,8-9,12-15H2,1-4H3/t18-,24-/m1/s1. The van der Waals surface area contributed by atoms with E-state index in [1.807, 2.05) is 58.0 Å². The number of amides is 2. The molecular formula is C28H31IN2O4S. The lowest BCUT2D eigenvalue weighted by Gasteiger charge is -2.31. The van der Waals surface area contributed by atoms with E-state index in [9.17, 15) is 9.59 Å². The molecule has 1 saturated heterocycles. The van der Waals surface area contributed by atoms with E-state index in [-0.39, 0.29) is 18.6 Å². The van der Waals surface area contributed by atoms with Crippen LogP contribution in [0.3, 0.4) is 0 Å². The summed E-state index contributed by atoms with van der Waals surface area (Å²) < 4.78 is 12.8. The highest BCUT2D eigenvalue weighted by Gasteiger charge is 2.44. The molecule has 0 bridgehead atoms. The van der Waals surface area contributed by atoms with Gasteiger partial charge >= 0.3 is 6.09 Å². The molecule has 36 heavy (non-hydrogen) atoms. The van der Waals surface area contributed by atoms with Crippen LogP contribution in [-0.4, -0.2) is 40.1 Å². The maximum Gasteiger partial charge on any atom is 0.417 e. The van der Waals surface area contributed by atoms with Gasteiger partial charge in [0.2, 0.25) is 0 Å². The zero-order valence-electron chi connectivity index (χ0n) is 21.1. The molecule has 2 atom stereocenters. The molecule has 1 fully saturated rings. The van der Waals surface area contributed by atoms with Crippen molar-refractivity contribution in [3.05, 3.63) is 61.2 Å². The Hall–Kier alpha value is -2.04. The molecule has 0 spiro atoms. The van der Waals surface area contributed by atoms with Crippen LogP contribution in [0.4, 0.5) is 4.79 Å².